The zero-order valence-electron chi connectivity index (χ0n) is 36.5. The van der Waals surface area contributed by atoms with Crippen molar-refractivity contribution in [3.8, 4) is 0 Å². The number of amides is 1. The highest BCUT2D eigenvalue weighted by molar-refractivity contribution is 6.10. The minimum Gasteiger partial charge on any atom is -0.448 e. The van der Waals surface area contributed by atoms with Crippen molar-refractivity contribution in [2.24, 2.45) is 67.5 Å². The van der Waals surface area contributed by atoms with E-state index < -0.39 is 61.9 Å². The molecule has 326 valence electrons. The van der Waals surface area contributed by atoms with Crippen molar-refractivity contribution >= 4 is 17.7 Å². The predicted octanol–water partition coefficient (Wildman–Crippen LogP) is 9.50. The lowest BCUT2D eigenvalue weighted by molar-refractivity contribution is -0.190. The second-order valence-electron chi connectivity index (χ2n) is 23.3. The summed E-state index contributed by atoms with van der Waals surface area (Å²) in [4.78, 5) is 46.0. The van der Waals surface area contributed by atoms with Crippen LogP contribution in [0.15, 0.2) is 48.1 Å². The first kappa shape index (κ1) is 41.1. The smallest absolute Gasteiger partial charge is 0.416 e. The number of ketones is 1. The molecule has 12 rings (SSSR count). The average molecular weight is 832 g/mol. The molecule has 1 saturated heterocycles. The number of hydrogen-bond donors (Lipinski definition) is 2. The van der Waals surface area contributed by atoms with Gasteiger partial charge in [-0.15, -0.1) is 0 Å². The van der Waals surface area contributed by atoms with E-state index in [0.717, 1.165) is 37.8 Å². The number of carbonyl (C=O) groups excluding carboxylic acids is 3. The van der Waals surface area contributed by atoms with Crippen LogP contribution in [0.1, 0.15) is 141 Å². The van der Waals surface area contributed by atoms with Crippen molar-refractivity contribution in [1.29, 1.82) is 0 Å². The molecule has 0 radical (unpaired) electrons. The summed E-state index contributed by atoms with van der Waals surface area (Å²) in [7, 11) is 0. The van der Waals surface area contributed by atoms with E-state index in [9.17, 15) is 28.2 Å². The number of Topliss-reactive ketones (excluding diaryl/α,β-unsaturated/α-hetero) is 1. The van der Waals surface area contributed by atoms with Gasteiger partial charge in [0.2, 0.25) is 0 Å². The molecule has 6 bridgehead atoms. The number of nitrogens with zero attached hydrogens (tertiary/aromatic N) is 1. The third-order valence-corrected chi connectivity index (χ3v) is 21.0. The topological polar surface area (TPSA) is 104 Å². The summed E-state index contributed by atoms with van der Waals surface area (Å²) in [5.74, 6) is 0.112. The highest BCUT2D eigenvalue weighted by Crippen LogP contribution is 2.79. The summed E-state index contributed by atoms with van der Waals surface area (Å²) in [6, 6.07) is 4.73. The number of alkyl halides is 3. The monoisotopic (exact) mass is 831 g/mol. The van der Waals surface area contributed by atoms with E-state index in [2.05, 4.69) is 39.8 Å². The van der Waals surface area contributed by atoms with Crippen LogP contribution in [0.25, 0.3) is 0 Å². The molecule has 13 atom stereocenters. The first-order chi connectivity index (χ1) is 27.9. The SMILES string of the molecule is CC1(C)C2CCC(CN(CC3(O)CCC4C56C=CC7(C=C5C(=O)c5cccc(C(F)(F)F)c5)CC(O)CCC7(C)C6CCC43C)C(=O)C34CCC(C)(C(=O)O3)C4(C)C)C1C2. The quantitative estimate of drug-likeness (QED) is 0.161. The molecule has 1 aliphatic heterocycles. The van der Waals surface area contributed by atoms with E-state index in [4.69, 9.17) is 4.74 Å². The molecule has 1 aromatic carbocycles. The van der Waals surface area contributed by atoms with Gasteiger partial charge in [0, 0.05) is 39.3 Å². The summed E-state index contributed by atoms with van der Waals surface area (Å²) in [5, 5.41) is 24.6. The number of rotatable bonds is 7. The molecule has 11 aliphatic rings. The van der Waals surface area contributed by atoms with Gasteiger partial charge in [-0.1, -0.05) is 71.9 Å². The van der Waals surface area contributed by atoms with Gasteiger partial charge in [0.15, 0.2) is 11.4 Å². The molecule has 1 heterocycles. The molecule has 7 nitrogen and oxygen atoms in total. The fraction of sp³-hybridized carbons (Fsp3) is 0.740. The molecule has 0 aromatic heterocycles. The van der Waals surface area contributed by atoms with Crippen LogP contribution in [-0.2, 0) is 20.5 Å². The molecule has 2 spiro atoms. The zero-order chi connectivity index (χ0) is 43.1. The Kier molecular flexibility index (Phi) is 8.33. The maximum atomic E-state index is 15.5. The van der Waals surface area contributed by atoms with Gasteiger partial charge >= 0.3 is 12.1 Å². The number of halogens is 3. The minimum absolute atomic E-state index is 0.0119. The lowest BCUT2D eigenvalue weighted by atomic mass is 9.32. The first-order valence-electron chi connectivity index (χ1n) is 22.9. The molecule has 1 amide bonds. The largest absolute Gasteiger partial charge is 0.448 e. The molecular weight excluding hydrogens is 768 g/mol. The number of aliphatic hydroxyl groups excluding tert-OH is 1. The van der Waals surface area contributed by atoms with E-state index in [0.29, 0.717) is 75.3 Å². The highest BCUT2D eigenvalue weighted by atomic mass is 19.4. The Morgan fingerprint density at radius 3 is 2.23 bits per heavy atom. The van der Waals surface area contributed by atoms with Crippen molar-refractivity contribution in [3.05, 3.63) is 59.2 Å². The third-order valence-electron chi connectivity index (χ3n) is 21.0. The third kappa shape index (κ3) is 4.74. The Morgan fingerprint density at radius 1 is 0.883 bits per heavy atom. The Hall–Kier alpha value is -2.98. The molecule has 1 aromatic rings. The molecule has 8 fully saturated rings. The zero-order valence-corrected chi connectivity index (χ0v) is 36.5. The van der Waals surface area contributed by atoms with E-state index >= 15 is 9.59 Å². The fourth-order valence-electron chi connectivity index (χ4n) is 16.6. The van der Waals surface area contributed by atoms with Gasteiger partial charge in [-0.25, -0.2) is 0 Å². The standard InChI is InChI=1S/C50H64F3NO6/c1-41(2)31-12-11-30(34(41)24-31)27-54(39(57)49-22-19-45(7,40(58)60-49)42(49,3)4)28-47(59)18-15-37-44(47,6)17-14-36-43(5)16-13-33(55)25-46(43)20-21-48(36,37)35(26-46)38(56)29-9-8-10-32(23-29)50(51,52)53/h8-10,20-21,23,26,30-31,33-34,36-37,55,59H,11-19,22,24-25,27-28H2,1-7H3. The molecule has 2 N–H and O–H groups in total. The van der Waals surface area contributed by atoms with Crippen LogP contribution in [0.5, 0.6) is 0 Å². The van der Waals surface area contributed by atoms with Crippen molar-refractivity contribution in [3.63, 3.8) is 0 Å². The van der Waals surface area contributed by atoms with Crippen molar-refractivity contribution < 1.29 is 42.5 Å². The Labute approximate surface area is 353 Å². The minimum atomic E-state index is -4.62. The van der Waals surface area contributed by atoms with Crippen LogP contribution >= 0.6 is 0 Å². The van der Waals surface area contributed by atoms with Crippen LogP contribution in [0.2, 0.25) is 0 Å². The predicted molar refractivity (Wildman–Crippen MR) is 219 cm³/mol. The van der Waals surface area contributed by atoms with Gasteiger partial charge in [0.25, 0.3) is 5.91 Å². The molecular formula is C50H64F3NO6. The Balaban J connectivity index is 1.06. The summed E-state index contributed by atoms with van der Waals surface area (Å²) in [6.45, 7) is 15.6. The van der Waals surface area contributed by atoms with Gasteiger partial charge < -0.3 is 19.8 Å². The van der Waals surface area contributed by atoms with Crippen molar-refractivity contribution in [2.45, 2.75) is 149 Å². The van der Waals surface area contributed by atoms with Gasteiger partial charge in [-0.2, -0.15) is 13.2 Å². The average Bonchev–Trinajstić information content (AvgIpc) is 3.64. The summed E-state index contributed by atoms with van der Waals surface area (Å²) in [6.07, 6.45) is 9.56. The summed E-state index contributed by atoms with van der Waals surface area (Å²) < 4.78 is 48.5. The van der Waals surface area contributed by atoms with Crippen LogP contribution in [0.4, 0.5) is 13.2 Å². The van der Waals surface area contributed by atoms with Gasteiger partial charge in [0.05, 0.1) is 29.2 Å². The van der Waals surface area contributed by atoms with Crippen molar-refractivity contribution in [1.82, 2.24) is 4.90 Å². The van der Waals surface area contributed by atoms with Crippen molar-refractivity contribution in [2.75, 3.05) is 13.1 Å². The van der Waals surface area contributed by atoms with Crippen LogP contribution in [-0.4, -0.2) is 63.2 Å². The molecule has 10 heteroatoms. The van der Waals surface area contributed by atoms with Gasteiger partial charge in [-0.3, -0.25) is 14.4 Å². The normalized spacial score (nSPS) is 47.4. The summed E-state index contributed by atoms with van der Waals surface area (Å²) >= 11 is 0. The first-order valence-corrected chi connectivity index (χ1v) is 22.9. The number of ether oxygens (including phenoxy) is 1. The second-order valence-corrected chi connectivity index (χ2v) is 23.3. The van der Waals surface area contributed by atoms with Crippen LogP contribution < -0.4 is 0 Å². The van der Waals surface area contributed by atoms with E-state index in [-0.39, 0.29) is 52.6 Å². The summed E-state index contributed by atoms with van der Waals surface area (Å²) in [5.41, 5.74) is -7.07. The highest BCUT2D eigenvalue weighted by Gasteiger charge is 2.78. The number of aliphatic hydroxyl groups is 2. The number of carbonyl (C=O) groups is 3. The van der Waals surface area contributed by atoms with E-state index in [1.807, 2.05) is 31.7 Å². The number of benzene rings is 1. The molecule has 7 saturated carbocycles. The van der Waals surface area contributed by atoms with E-state index in [1.54, 1.807) is 0 Å². The lowest BCUT2D eigenvalue weighted by Crippen LogP contribution is -2.68. The second kappa shape index (κ2) is 12.2. The van der Waals surface area contributed by atoms with Gasteiger partial charge in [0.1, 0.15) is 0 Å². The van der Waals surface area contributed by atoms with Crippen LogP contribution in [0, 0.1) is 67.5 Å². The molecule has 60 heavy (non-hydrogen) atoms. The fourth-order valence-corrected chi connectivity index (χ4v) is 16.6. The number of allylic oxidation sites excluding steroid dienone is 4. The van der Waals surface area contributed by atoms with Crippen LogP contribution in [0.3, 0.4) is 0 Å². The number of fused-ring (bicyclic) bond motifs is 5. The lowest BCUT2D eigenvalue weighted by Gasteiger charge is -2.71. The molecule has 13 unspecified atom stereocenters. The number of hydrogen-bond acceptors (Lipinski definition) is 6. The maximum absolute atomic E-state index is 15.5. The Morgan fingerprint density at radius 2 is 1.58 bits per heavy atom. The number of esters is 1. The molecule has 10 aliphatic carbocycles. The maximum Gasteiger partial charge on any atom is 0.416 e. The van der Waals surface area contributed by atoms with Gasteiger partial charge in [-0.05, 0) is 137 Å². The van der Waals surface area contributed by atoms with E-state index in [1.165, 1.54) is 12.1 Å². The Bertz CT molecular complexity index is 2140.